The van der Waals surface area contributed by atoms with Gasteiger partial charge in [0.1, 0.15) is 24.0 Å². The molecule has 0 bridgehead atoms. The van der Waals surface area contributed by atoms with Crippen molar-refractivity contribution in [2.24, 2.45) is 5.92 Å². The van der Waals surface area contributed by atoms with Crippen LogP contribution in [0.5, 0.6) is 5.75 Å². The van der Waals surface area contributed by atoms with Crippen molar-refractivity contribution in [3.05, 3.63) is 88.8 Å². The van der Waals surface area contributed by atoms with Crippen LogP contribution in [0.4, 0.5) is 4.79 Å². The summed E-state index contributed by atoms with van der Waals surface area (Å²) in [6.07, 6.45) is -0.717. The summed E-state index contributed by atoms with van der Waals surface area (Å²) in [5.74, 6) is -0.690. The van der Waals surface area contributed by atoms with Crippen molar-refractivity contribution in [3.8, 4) is 5.75 Å². The Bertz CT molecular complexity index is 1360. The zero-order valence-corrected chi connectivity index (χ0v) is 18.2. The number of carbonyl (C=O) groups excluding carboxylic acids is 2. The second-order valence-corrected chi connectivity index (χ2v) is 7.94. The van der Waals surface area contributed by atoms with Crippen molar-refractivity contribution >= 4 is 33.8 Å². The summed E-state index contributed by atoms with van der Waals surface area (Å²) in [5, 5.41) is 4.53. The molecule has 1 atom stereocenters. The molecular weight excluding hydrogens is 422 g/mol. The molecule has 0 aliphatic rings. The fourth-order valence-corrected chi connectivity index (χ4v) is 3.49. The average molecular weight is 445 g/mol. The third-order valence-electron chi connectivity index (χ3n) is 5.22. The summed E-state index contributed by atoms with van der Waals surface area (Å²) in [7, 11) is 0. The Hall–Kier alpha value is -4.13. The molecule has 0 saturated carbocycles. The molecule has 4 aromatic rings. The van der Waals surface area contributed by atoms with Crippen LogP contribution in [-0.4, -0.2) is 18.1 Å². The van der Waals surface area contributed by atoms with Crippen molar-refractivity contribution in [3.63, 3.8) is 0 Å². The third kappa shape index (κ3) is 5.03. The molecule has 7 heteroatoms. The number of hydrogen-bond donors (Lipinski definition) is 1. The lowest BCUT2D eigenvalue weighted by molar-refractivity contribution is -0.137. The minimum Gasteiger partial charge on any atom is -0.445 e. The first-order chi connectivity index (χ1) is 15.9. The predicted octanol–water partition coefficient (Wildman–Crippen LogP) is 4.80. The fourth-order valence-electron chi connectivity index (χ4n) is 3.49. The molecule has 1 N–H and O–H groups in total. The van der Waals surface area contributed by atoms with Gasteiger partial charge in [0.15, 0.2) is 0 Å². The number of hydrogen-bond acceptors (Lipinski definition) is 6. The summed E-state index contributed by atoms with van der Waals surface area (Å²) >= 11 is 0. The van der Waals surface area contributed by atoms with E-state index in [2.05, 4.69) is 5.32 Å². The normalized spacial score (nSPS) is 12.0. The Morgan fingerprint density at radius 2 is 1.61 bits per heavy atom. The van der Waals surface area contributed by atoms with Crippen molar-refractivity contribution in [1.82, 2.24) is 5.32 Å². The fraction of sp³-hybridized carbons (Fsp3) is 0.192. The highest BCUT2D eigenvalue weighted by Gasteiger charge is 2.27. The van der Waals surface area contributed by atoms with Gasteiger partial charge in [0, 0.05) is 11.5 Å². The van der Waals surface area contributed by atoms with Crippen LogP contribution in [0.2, 0.25) is 0 Å². The van der Waals surface area contributed by atoms with Crippen molar-refractivity contribution in [1.29, 1.82) is 0 Å². The number of esters is 1. The lowest BCUT2D eigenvalue weighted by Crippen LogP contribution is -2.46. The Morgan fingerprint density at radius 1 is 0.909 bits per heavy atom. The first-order valence-corrected chi connectivity index (χ1v) is 10.6. The van der Waals surface area contributed by atoms with Gasteiger partial charge < -0.3 is 19.2 Å². The van der Waals surface area contributed by atoms with Gasteiger partial charge >= 0.3 is 17.7 Å². The lowest BCUT2D eigenvalue weighted by Gasteiger charge is -2.20. The van der Waals surface area contributed by atoms with Crippen LogP contribution in [0.1, 0.15) is 19.4 Å². The van der Waals surface area contributed by atoms with Crippen LogP contribution in [-0.2, 0) is 16.1 Å². The molecule has 168 valence electrons. The molecule has 1 heterocycles. The van der Waals surface area contributed by atoms with Gasteiger partial charge in [-0.1, -0.05) is 62.4 Å². The molecule has 0 saturated heterocycles. The van der Waals surface area contributed by atoms with Gasteiger partial charge in [-0.3, -0.25) is 0 Å². The van der Waals surface area contributed by atoms with Gasteiger partial charge in [0.05, 0.1) is 5.39 Å². The van der Waals surface area contributed by atoms with Gasteiger partial charge in [0.25, 0.3) is 0 Å². The molecule has 0 aliphatic carbocycles. The van der Waals surface area contributed by atoms with E-state index in [4.69, 9.17) is 13.9 Å². The van der Waals surface area contributed by atoms with Crippen LogP contribution < -0.4 is 15.7 Å². The zero-order valence-electron chi connectivity index (χ0n) is 18.2. The van der Waals surface area contributed by atoms with E-state index in [0.717, 1.165) is 16.3 Å². The second-order valence-electron chi connectivity index (χ2n) is 7.94. The highest BCUT2D eigenvalue weighted by atomic mass is 16.6. The molecule has 0 radical (unpaired) electrons. The number of rotatable bonds is 6. The van der Waals surface area contributed by atoms with Crippen molar-refractivity contribution < 1.29 is 23.5 Å². The largest absolute Gasteiger partial charge is 0.445 e. The summed E-state index contributed by atoms with van der Waals surface area (Å²) in [6, 6.07) is 20.3. The summed E-state index contributed by atoms with van der Waals surface area (Å²) < 4.78 is 16.1. The standard InChI is InChI=1S/C26H23NO6/c1-16(2)23(27-26(30)31-15-17-8-4-3-5-9-17)25(29)32-18-12-13-20-19-10-6-7-11-21(19)24(28)33-22(20)14-18/h3-14,16,23H,15H2,1-2H3,(H,27,30)/t23-/m0/s1. The number of fused-ring (bicyclic) bond motifs is 3. The first kappa shape index (κ1) is 22.1. The first-order valence-electron chi connectivity index (χ1n) is 10.6. The van der Waals surface area contributed by atoms with Gasteiger partial charge in [0.2, 0.25) is 0 Å². The number of nitrogens with one attached hydrogen (secondary N) is 1. The maximum absolute atomic E-state index is 12.8. The van der Waals surface area contributed by atoms with Crippen LogP contribution in [0.3, 0.4) is 0 Å². The number of benzene rings is 3. The average Bonchev–Trinajstić information content (AvgIpc) is 2.81. The van der Waals surface area contributed by atoms with Crippen LogP contribution in [0, 0.1) is 5.92 Å². The number of carbonyl (C=O) groups is 2. The summed E-state index contributed by atoms with van der Waals surface area (Å²) in [6.45, 7) is 3.66. The molecule has 3 aromatic carbocycles. The van der Waals surface area contributed by atoms with E-state index in [1.54, 1.807) is 38.1 Å². The Labute approximate surface area is 189 Å². The minimum atomic E-state index is -0.924. The van der Waals surface area contributed by atoms with Crippen LogP contribution in [0.25, 0.3) is 21.7 Å². The molecule has 33 heavy (non-hydrogen) atoms. The quantitative estimate of drug-likeness (QED) is 0.198. The van der Waals surface area contributed by atoms with E-state index < -0.39 is 23.7 Å². The molecule has 4 rings (SSSR count). The Kier molecular flexibility index (Phi) is 6.40. The summed E-state index contributed by atoms with van der Waals surface area (Å²) in [5.41, 5.74) is 0.672. The number of amides is 1. The van der Waals surface area contributed by atoms with Gasteiger partial charge in [-0.25, -0.2) is 14.4 Å². The van der Waals surface area contributed by atoms with Crippen molar-refractivity contribution in [2.45, 2.75) is 26.5 Å². The molecule has 0 aliphatic heterocycles. The topological polar surface area (TPSA) is 94.8 Å². The molecule has 7 nitrogen and oxygen atoms in total. The second kappa shape index (κ2) is 9.56. The van der Waals surface area contributed by atoms with E-state index in [1.807, 2.05) is 42.5 Å². The molecule has 0 unspecified atom stereocenters. The van der Waals surface area contributed by atoms with Crippen LogP contribution >= 0.6 is 0 Å². The maximum atomic E-state index is 12.8. The Morgan fingerprint density at radius 3 is 2.33 bits per heavy atom. The van der Waals surface area contributed by atoms with Crippen molar-refractivity contribution in [2.75, 3.05) is 0 Å². The van der Waals surface area contributed by atoms with E-state index in [9.17, 15) is 14.4 Å². The van der Waals surface area contributed by atoms with E-state index >= 15 is 0 Å². The highest BCUT2D eigenvalue weighted by molar-refractivity contribution is 6.04. The third-order valence-corrected chi connectivity index (χ3v) is 5.22. The number of alkyl carbamates (subject to hydrolysis) is 1. The summed E-state index contributed by atoms with van der Waals surface area (Å²) in [4.78, 5) is 37.3. The van der Waals surface area contributed by atoms with E-state index in [1.165, 1.54) is 6.07 Å². The zero-order chi connectivity index (χ0) is 23.4. The Balaban J connectivity index is 1.48. The smallest absolute Gasteiger partial charge is 0.408 e. The van der Waals surface area contributed by atoms with Crippen LogP contribution in [0.15, 0.2) is 82.0 Å². The minimum absolute atomic E-state index is 0.0875. The van der Waals surface area contributed by atoms with Gasteiger partial charge in [-0.15, -0.1) is 0 Å². The van der Waals surface area contributed by atoms with E-state index in [0.29, 0.717) is 11.0 Å². The molecule has 1 amide bonds. The number of ether oxygens (including phenoxy) is 2. The molecule has 0 spiro atoms. The van der Waals surface area contributed by atoms with Gasteiger partial charge in [-0.05, 0) is 35.1 Å². The SMILES string of the molecule is CC(C)[C@H](NC(=O)OCc1ccccc1)C(=O)Oc1ccc2c(c1)oc(=O)c1ccccc12. The molecule has 0 fully saturated rings. The highest BCUT2D eigenvalue weighted by Crippen LogP contribution is 2.26. The molecule has 1 aromatic heterocycles. The molecular formula is C26H23NO6. The maximum Gasteiger partial charge on any atom is 0.408 e. The lowest BCUT2D eigenvalue weighted by atomic mass is 10.1. The monoisotopic (exact) mass is 445 g/mol. The predicted molar refractivity (Wildman–Crippen MR) is 124 cm³/mol. The van der Waals surface area contributed by atoms with E-state index in [-0.39, 0.29) is 18.3 Å². The van der Waals surface area contributed by atoms with Gasteiger partial charge in [-0.2, -0.15) is 0 Å².